The average Bonchev–Trinajstić information content (AvgIpc) is 1.61. The second-order valence-electron chi connectivity index (χ2n) is 25.0. The minimum absolute atomic E-state index is 0. The van der Waals surface area contributed by atoms with Gasteiger partial charge >= 0.3 is 17.1 Å². The fourth-order valence-corrected chi connectivity index (χ4v) is 14.4. The number of ketones is 1. The van der Waals surface area contributed by atoms with E-state index in [0.29, 0.717) is 12.2 Å². The Bertz CT molecular complexity index is 4230. The van der Waals surface area contributed by atoms with Crippen LogP contribution in [-0.2, 0) is 36.1 Å². The number of hydrogen-bond donors (Lipinski definition) is 1. The van der Waals surface area contributed by atoms with Crippen molar-refractivity contribution in [3.8, 4) is 45.0 Å². The molecule has 0 saturated carbocycles. The van der Waals surface area contributed by atoms with Crippen LogP contribution in [0.15, 0.2) is 121 Å². The Morgan fingerprint density at radius 3 is 0.967 bits per heavy atom. The van der Waals surface area contributed by atoms with Crippen molar-refractivity contribution in [2.75, 3.05) is 34.0 Å². The Kier molecular flexibility index (Phi) is 21.1. The SMILES string of the molecule is CCCCCOC.COCCCCC(=O)CCCCCCCNC(C)=O.Cc1c2c(c(C)c3ccccc13)-c1cc3[n-]c(cc4nc(cc5[n-]c(cc-2n1)c1c(C)c2ccccc2c(C)c51)-c1c-4c(C)c2ccccc2c1C)c1c(C)c2ccccc2c(C)c31.[Cu+2]. The molecule has 8 aromatic carbocycles. The molecule has 5 heterocycles. The van der Waals surface area contributed by atoms with Crippen LogP contribution in [0.25, 0.3) is 132 Å². The van der Waals surface area contributed by atoms with E-state index in [9.17, 15) is 9.59 Å². The van der Waals surface area contributed by atoms with Gasteiger partial charge in [-0.05, 0) is 221 Å². The molecule has 0 saturated heterocycles. The fraction of sp³-hybridized carbons (Fsp3) is 0.333. The number of carbonyl (C=O) groups excluding carboxylic acids is 2. The van der Waals surface area contributed by atoms with Crippen molar-refractivity contribution in [1.29, 1.82) is 0 Å². The predicted octanol–water partition coefficient (Wildman–Crippen LogP) is 20.3. The van der Waals surface area contributed by atoms with Gasteiger partial charge in [-0.1, -0.05) is 136 Å². The predicted molar refractivity (Wildman–Crippen MR) is 379 cm³/mol. The zero-order valence-corrected chi connectivity index (χ0v) is 56.3. The van der Waals surface area contributed by atoms with Gasteiger partial charge in [-0.2, -0.15) is 0 Å². The molecule has 8 bridgehead atoms. The number of ether oxygens (including phenoxy) is 2. The molecular formula is C81H87CuN5O4. The van der Waals surface area contributed by atoms with Gasteiger partial charge in [0.1, 0.15) is 5.78 Å². The zero-order valence-electron chi connectivity index (χ0n) is 55.4. The summed E-state index contributed by atoms with van der Waals surface area (Å²) in [7, 11) is 3.43. The molecule has 91 heavy (non-hydrogen) atoms. The number of benzene rings is 8. The van der Waals surface area contributed by atoms with E-state index in [1.165, 1.54) is 114 Å². The summed E-state index contributed by atoms with van der Waals surface area (Å²) in [5.41, 5.74) is 21.8. The quantitative estimate of drug-likeness (QED) is 0.0707. The molecule has 0 atom stereocenters. The Hall–Kier alpha value is -7.98. The van der Waals surface area contributed by atoms with Crippen molar-refractivity contribution >= 4 is 98.4 Å². The first kappa shape index (κ1) is 66.0. The van der Waals surface area contributed by atoms with E-state index >= 15 is 0 Å². The van der Waals surface area contributed by atoms with Gasteiger partial charge in [0.15, 0.2) is 0 Å². The molecule has 9 nitrogen and oxygen atoms in total. The van der Waals surface area contributed by atoms with Crippen LogP contribution in [0.3, 0.4) is 0 Å². The maximum atomic E-state index is 11.5. The van der Waals surface area contributed by atoms with Crippen molar-refractivity contribution in [3.05, 3.63) is 166 Å². The zero-order chi connectivity index (χ0) is 63.3. The molecule has 1 radical (unpaired) electrons. The smallest absolute Gasteiger partial charge is 0.657 e. The van der Waals surface area contributed by atoms with Gasteiger partial charge in [0.25, 0.3) is 0 Å². The van der Waals surface area contributed by atoms with E-state index in [1.54, 1.807) is 14.2 Å². The number of fused-ring (bicyclic) bond motifs is 24. The summed E-state index contributed by atoms with van der Waals surface area (Å²) >= 11 is 0. The van der Waals surface area contributed by atoms with Crippen molar-refractivity contribution in [3.63, 3.8) is 0 Å². The largest absolute Gasteiger partial charge is 2.00 e. The number of unbranched alkanes of at least 4 members (excludes halogenated alkanes) is 7. The minimum Gasteiger partial charge on any atom is -0.657 e. The molecule has 0 aliphatic carbocycles. The molecule has 3 aromatic heterocycles. The van der Waals surface area contributed by atoms with Crippen LogP contribution < -0.4 is 15.3 Å². The Morgan fingerprint density at radius 1 is 0.396 bits per heavy atom. The van der Waals surface area contributed by atoms with Crippen LogP contribution >= 0.6 is 0 Å². The van der Waals surface area contributed by atoms with Crippen LogP contribution in [0.1, 0.15) is 135 Å². The van der Waals surface area contributed by atoms with E-state index in [4.69, 9.17) is 29.4 Å². The fourth-order valence-electron chi connectivity index (χ4n) is 14.4. The van der Waals surface area contributed by atoms with E-state index in [-0.39, 0.29) is 23.0 Å². The first-order chi connectivity index (χ1) is 43.7. The van der Waals surface area contributed by atoms with Crippen LogP contribution in [0.2, 0.25) is 0 Å². The third kappa shape index (κ3) is 13.0. The molecule has 0 fully saturated rings. The molecule has 471 valence electrons. The number of nitrogens with zero attached hydrogens (tertiary/aromatic N) is 4. The molecule has 1 N–H and O–H groups in total. The van der Waals surface area contributed by atoms with Crippen molar-refractivity contribution in [2.45, 2.75) is 146 Å². The van der Waals surface area contributed by atoms with Crippen LogP contribution in [0.5, 0.6) is 0 Å². The first-order valence-electron chi connectivity index (χ1n) is 32.7. The third-order valence-corrected chi connectivity index (χ3v) is 19.1. The molecule has 0 spiro atoms. The molecular weight excluding hydrogens is 1170 g/mol. The van der Waals surface area contributed by atoms with E-state index in [0.717, 1.165) is 160 Å². The molecule has 10 heteroatoms. The number of aromatic nitrogens is 4. The molecule has 2 aliphatic rings. The minimum atomic E-state index is 0. The van der Waals surface area contributed by atoms with Crippen LogP contribution in [-0.4, -0.2) is 55.6 Å². The maximum absolute atomic E-state index is 11.5. The summed E-state index contributed by atoms with van der Waals surface area (Å²) in [5, 5.41) is 17.4. The number of nitrogens with one attached hydrogen (secondary N) is 1. The van der Waals surface area contributed by atoms with Crippen LogP contribution in [0, 0.1) is 55.4 Å². The number of aryl methyl sites for hydroxylation is 8. The summed E-state index contributed by atoms with van der Waals surface area (Å²) in [4.78, 5) is 44.8. The normalized spacial score (nSPS) is 11.6. The topological polar surface area (TPSA) is 119 Å². The van der Waals surface area contributed by atoms with Gasteiger partial charge in [-0.15, -0.1) is 22.1 Å². The summed E-state index contributed by atoms with van der Waals surface area (Å²) in [5.74, 6) is 0.424. The average molecular weight is 1260 g/mol. The van der Waals surface area contributed by atoms with E-state index < -0.39 is 0 Å². The molecule has 0 unspecified atom stereocenters. The second-order valence-corrected chi connectivity index (χ2v) is 25.0. The Labute approximate surface area is 547 Å². The Morgan fingerprint density at radius 2 is 0.670 bits per heavy atom. The standard InChI is InChI=1S/C60H44N4.C15H29NO3.C6H14O.Cu/c1-29-37-17-9-10-18-38(37)30(2)54-46-26-48-56-32(4)40-20-13-14-22-42(40)34(6)58(56)50(63-48)28-52-60-36(8)44-24-16-15-23-43(44)35(7)59(60)51(64-52)27-49-57-33(5)41-21-12-11-19-39(41)31(3)55(57)47(62-49)25-45(61-46)53(29)54;1-14(17)16-12-8-5-3-4-6-10-15(18)11-7-9-13-19-2;1-3-4-5-6-7-2;/h9-28H,1-8H3;3-13H2,1-2H3,(H,16,17);3-6H2,1-2H3;/q-2;;;+2. The monoisotopic (exact) mass is 1260 g/mol. The van der Waals surface area contributed by atoms with Gasteiger partial charge in [0.2, 0.25) is 5.91 Å². The van der Waals surface area contributed by atoms with Gasteiger partial charge in [0, 0.05) is 76.0 Å². The number of amides is 1. The van der Waals surface area contributed by atoms with Gasteiger partial charge in [0.05, 0.1) is 22.8 Å². The van der Waals surface area contributed by atoms with Crippen molar-refractivity contribution < 1.29 is 36.1 Å². The molecule has 1 amide bonds. The second kappa shape index (κ2) is 29.1. The van der Waals surface area contributed by atoms with Crippen LogP contribution in [0.4, 0.5) is 0 Å². The van der Waals surface area contributed by atoms with E-state index in [2.05, 4.69) is 189 Å². The van der Waals surface area contributed by atoms with Crippen molar-refractivity contribution in [1.82, 2.24) is 25.3 Å². The number of rotatable bonds is 17. The van der Waals surface area contributed by atoms with Gasteiger partial charge < -0.3 is 24.8 Å². The number of hydrogen-bond acceptors (Lipinski definition) is 6. The first-order valence-corrected chi connectivity index (χ1v) is 32.7. The summed E-state index contributed by atoms with van der Waals surface area (Å²) < 4.78 is 9.79. The van der Waals surface area contributed by atoms with E-state index in [1.807, 2.05) is 0 Å². The number of methoxy groups -OCH3 is 2. The van der Waals surface area contributed by atoms with Gasteiger partial charge in [-0.25, -0.2) is 9.97 Å². The van der Waals surface area contributed by atoms with Crippen molar-refractivity contribution in [2.24, 2.45) is 0 Å². The number of carbonyl (C=O) groups is 2. The molecule has 11 aromatic rings. The third-order valence-electron chi connectivity index (χ3n) is 19.1. The Balaban J connectivity index is 0.000000285. The number of Topliss-reactive ketones (excluding diaryl/α,β-unsaturated/α-hetero) is 1. The summed E-state index contributed by atoms with van der Waals surface area (Å²) in [6, 6.07) is 44.2. The van der Waals surface area contributed by atoms with Gasteiger partial charge in [-0.3, -0.25) is 9.59 Å². The summed E-state index contributed by atoms with van der Waals surface area (Å²) in [6.07, 6.45) is 12.6. The maximum Gasteiger partial charge on any atom is 2.00 e. The molecule has 2 aliphatic heterocycles. The summed E-state index contributed by atoms with van der Waals surface area (Å²) in [6.45, 7) is 24.2. The molecule has 13 rings (SSSR count).